The number of fused-ring (bicyclic) bond motifs is 3. The van der Waals surface area contributed by atoms with Crippen molar-refractivity contribution in [2.24, 2.45) is 0 Å². The van der Waals surface area contributed by atoms with Crippen LogP contribution in [0, 0.1) is 6.92 Å². The molecule has 1 amide bonds. The van der Waals surface area contributed by atoms with Crippen LogP contribution < -0.4 is 0 Å². The van der Waals surface area contributed by atoms with Gasteiger partial charge in [0.25, 0.3) is 0 Å². The predicted molar refractivity (Wildman–Crippen MR) is 59.0 cm³/mol. The summed E-state index contributed by atoms with van der Waals surface area (Å²) in [6.07, 6.45) is 0.948. The average molecular weight is 215 g/mol. The fourth-order valence-corrected chi connectivity index (χ4v) is 2.70. The number of hydrogen-bond donors (Lipinski definition) is 0. The number of benzene rings is 1. The molecule has 1 atom stereocenters. The molecule has 3 rings (SSSR count). The second-order valence-corrected chi connectivity index (χ2v) is 4.59. The van der Waals surface area contributed by atoms with Crippen molar-refractivity contribution >= 4 is 11.7 Å². The third-order valence-electron chi connectivity index (χ3n) is 3.48. The van der Waals surface area contributed by atoms with Crippen LogP contribution in [0.1, 0.15) is 29.2 Å². The molecule has 0 N–H and O–H groups in total. The highest BCUT2D eigenvalue weighted by Gasteiger charge is 2.42. The van der Waals surface area contributed by atoms with Crippen LogP contribution in [-0.2, 0) is 16.0 Å². The SMILES string of the molecule is Cc1ccc2c(c1)C1C(=O)CC(=O)N1CC2. The van der Waals surface area contributed by atoms with Gasteiger partial charge in [-0.2, -0.15) is 0 Å². The maximum atomic E-state index is 11.8. The lowest BCUT2D eigenvalue weighted by atomic mass is 9.91. The van der Waals surface area contributed by atoms with E-state index in [2.05, 4.69) is 12.1 Å². The quantitative estimate of drug-likeness (QED) is 0.613. The van der Waals surface area contributed by atoms with Gasteiger partial charge in [-0.05, 0) is 24.5 Å². The number of ketones is 1. The van der Waals surface area contributed by atoms with Crippen molar-refractivity contribution in [1.82, 2.24) is 4.90 Å². The van der Waals surface area contributed by atoms with E-state index in [4.69, 9.17) is 0 Å². The number of aryl methyl sites for hydroxylation is 1. The van der Waals surface area contributed by atoms with Crippen molar-refractivity contribution in [2.45, 2.75) is 25.8 Å². The lowest BCUT2D eigenvalue weighted by Gasteiger charge is -2.31. The number of amides is 1. The van der Waals surface area contributed by atoms with Gasteiger partial charge >= 0.3 is 0 Å². The molecule has 1 saturated heterocycles. The van der Waals surface area contributed by atoms with Gasteiger partial charge in [0.15, 0.2) is 5.78 Å². The Balaban J connectivity index is 2.14. The fraction of sp³-hybridized carbons (Fsp3) is 0.385. The summed E-state index contributed by atoms with van der Waals surface area (Å²) in [5.41, 5.74) is 3.41. The lowest BCUT2D eigenvalue weighted by molar-refractivity contribution is -0.129. The van der Waals surface area contributed by atoms with Gasteiger partial charge in [0.05, 0.1) is 6.42 Å². The van der Waals surface area contributed by atoms with Crippen molar-refractivity contribution < 1.29 is 9.59 Å². The number of nitrogens with zero attached hydrogens (tertiary/aromatic N) is 1. The zero-order valence-electron chi connectivity index (χ0n) is 9.19. The highest BCUT2D eigenvalue weighted by atomic mass is 16.2. The summed E-state index contributed by atoms with van der Waals surface area (Å²) in [5.74, 6) is 0.0405. The van der Waals surface area contributed by atoms with Crippen LogP contribution in [0.4, 0.5) is 0 Å². The molecule has 0 radical (unpaired) electrons. The minimum Gasteiger partial charge on any atom is -0.328 e. The van der Waals surface area contributed by atoms with E-state index in [9.17, 15) is 9.59 Å². The summed E-state index contributed by atoms with van der Waals surface area (Å²) in [6.45, 7) is 2.70. The van der Waals surface area contributed by atoms with Gasteiger partial charge in [0.2, 0.25) is 5.91 Å². The summed E-state index contributed by atoms with van der Waals surface area (Å²) in [7, 11) is 0. The Kier molecular flexibility index (Phi) is 1.90. The molecule has 2 aliphatic heterocycles. The van der Waals surface area contributed by atoms with Crippen LogP contribution in [0.25, 0.3) is 0 Å². The molecule has 1 aromatic rings. The number of carbonyl (C=O) groups excluding carboxylic acids is 2. The summed E-state index contributed by atoms with van der Waals surface area (Å²) < 4.78 is 0. The standard InChI is InChI=1S/C13H13NO2/c1-8-2-3-9-4-5-14-12(16)7-11(15)13(14)10(9)6-8/h2-3,6,13H,4-5,7H2,1H3. The van der Waals surface area contributed by atoms with E-state index in [0.717, 1.165) is 17.5 Å². The molecule has 1 unspecified atom stereocenters. The molecule has 1 aromatic carbocycles. The minimum absolute atomic E-state index is 0.0119. The van der Waals surface area contributed by atoms with Crippen molar-refractivity contribution in [3.05, 3.63) is 34.9 Å². The second kappa shape index (κ2) is 3.17. The largest absolute Gasteiger partial charge is 0.328 e. The molecule has 0 aliphatic carbocycles. The Morgan fingerprint density at radius 3 is 2.94 bits per heavy atom. The van der Waals surface area contributed by atoms with Gasteiger partial charge in [0, 0.05) is 6.54 Å². The molecule has 3 heteroatoms. The highest BCUT2D eigenvalue weighted by molar-refractivity contribution is 6.08. The first-order valence-corrected chi connectivity index (χ1v) is 5.58. The molecular formula is C13H13NO2. The smallest absolute Gasteiger partial charge is 0.231 e. The molecular weight excluding hydrogens is 202 g/mol. The zero-order chi connectivity index (χ0) is 11.3. The van der Waals surface area contributed by atoms with Crippen LogP contribution in [0.15, 0.2) is 18.2 Å². The van der Waals surface area contributed by atoms with E-state index in [-0.39, 0.29) is 24.2 Å². The van der Waals surface area contributed by atoms with Gasteiger partial charge in [-0.3, -0.25) is 9.59 Å². The van der Waals surface area contributed by atoms with E-state index in [0.29, 0.717) is 6.54 Å². The molecule has 0 aromatic heterocycles. The molecule has 0 spiro atoms. The van der Waals surface area contributed by atoms with E-state index < -0.39 is 0 Å². The van der Waals surface area contributed by atoms with Crippen LogP contribution >= 0.6 is 0 Å². The lowest BCUT2D eigenvalue weighted by Crippen LogP contribution is -2.35. The highest BCUT2D eigenvalue weighted by Crippen LogP contribution is 2.36. The van der Waals surface area contributed by atoms with Gasteiger partial charge in [-0.15, -0.1) is 0 Å². The fourth-order valence-electron chi connectivity index (χ4n) is 2.70. The monoisotopic (exact) mass is 215 g/mol. The molecule has 2 aliphatic rings. The Labute approximate surface area is 94.1 Å². The average Bonchev–Trinajstić information content (AvgIpc) is 2.54. The molecule has 0 saturated carbocycles. The van der Waals surface area contributed by atoms with Crippen molar-refractivity contribution in [2.75, 3.05) is 6.54 Å². The van der Waals surface area contributed by atoms with Crippen LogP contribution in [0.3, 0.4) is 0 Å². The Bertz CT molecular complexity index is 493. The van der Waals surface area contributed by atoms with Crippen molar-refractivity contribution in [3.63, 3.8) is 0 Å². The Hall–Kier alpha value is -1.64. The molecule has 16 heavy (non-hydrogen) atoms. The molecule has 1 fully saturated rings. The minimum atomic E-state index is -0.295. The maximum Gasteiger partial charge on any atom is 0.231 e. The number of carbonyl (C=O) groups is 2. The zero-order valence-corrected chi connectivity index (χ0v) is 9.19. The summed E-state index contributed by atoms with van der Waals surface area (Å²) in [4.78, 5) is 25.2. The number of rotatable bonds is 0. The van der Waals surface area contributed by atoms with Crippen molar-refractivity contribution in [3.8, 4) is 0 Å². The maximum absolute atomic E-state index is 11.8. The first-order valence-electron chi connectivity index (χ1n) is 5.58. The van der Waals surface area contributed by atoms with Gasteiger partial charge in [-0.25, -0.2) is 0 Å². The topological polar surface area (TPSA) is 37.4 Å². The predicted octanol–water partition coefficient (Wildman–Crippen LogP) is 1.39. The summed E-state index contributed by atoms with van der Waals surface area (Å²) in [5, 5.41) is 0. The van der Waals surface area contributed by atoms with Crippen LogP contribution in [-0.4, -0.2) is 23.1 Å². The first kappa shape index (κ1) is 9.58. The number of hydrogen-bond acceptors (Lipinski definition) is 2. The Morgan fingerprint density at radius 1 is 1.31 bits per heavy atom. The second-order valence-electron chi connectivity index (χ2n) is 4.59. The van der Waals surface area contributed by atoms with Gasteiger partial charge in [0.1, 0.15) is 6.04 Å². The Morgan fingerprint density at radius 2 is 2.12 bits per heavy atom. The van der Waals surface area contributed by atoms with E-state index in [1.54, 1.807) is 4.90 Å². The molecule has 0 bridgehead atoms. The summed E-state index contributed by atoms with van der Waals surface area (Å²) >= 11 is 0. The third kappa shape index (κ3) is 1.21. The van der Waals surface area contributed by atoms with Crippen molar-refractivity contribution in [1.29, 1.82) is 0 Å². The molecule has 3 nitrogen and oxygen atoms in total. The normalized spacial score (nSPS) is 23.3. The number of Topliss-reactive ketones (excluding diaryl/α,β-unsaturated/α-hetero) is 1. The van der Waals surface area contributed by atoms with Gasteiger partial charge in [-0.1, -0.05) is 23.8 Å². The van der Waals surface area contributed by atoms with Gasteiger partial charge < -0.3 is 4.90 Å². The van der Waals surface area contributed by atoms with Crippen LogP contribution in [0.5, 0.6) is 0 Å². The van der Waals surface area contributed by atoms with Crippen LogP contribution in [0.2, 0.25) is 0 Å². The first-order chi connectivity index (χ1) is 7.66. The van der Waals surface area contributed by atoms with E-state index in [1.807, 2.05) is 13.0 Å². The van der Waals surface area contributed by atoms with E-state index in [1.165, 1.54) is 5.56 Å². The third-order valence-corrected chi connectivity index (χ3v) is 3.48. The molecule has 82 valence electrons. The van der Waals surface area contributed by atoms with E-state index >= 15 is 0 Å². The molecule has 2 heterocycles. The summed E-state index contributed by atoms with van der Waals surface area (Å²) in [6, 6.07) is 5.90.